The van der Waals surface area contributed by atoms with Crippen molar-refractivity contribution in [1.29, 1.82) is 0 Å². The average Bonchev–Trinajstić information content (AvgIpc) is 2.78. The molecule has 2 rings (SSSR count). The topological polar surface area (TPSA) is 136 Å². The van der Waals surface area contributed by atoms with Gasteiger partial charge in [0.05, 0.1) is 0 Å². The fourth-order valence-corrected chi connectivity index (χ4v) is 0.468. The molecule has 66 valence electrons. The standard InChI is InChI=1S/C2N8.CH2O2/c3-1(4-8-7-3)2-5-9-10-6-2;2-1-3/h;1H,(H,2,3). The van der Waals surface area contributed by atoms with Crippen molar-refractivity contribution in [3.63, 3.8) is 0 Å². The van der Waals surface area contributed by atoms with Crippen LogP contribution in [0.4, 0.5) is 0 Å². The largest absolute Gasteiger partial charge is 0.483 e. The smallest absolute Gasteiger partial charge is 0.290 e. The summed E-state index contributed by atoms with van der Waals surface area (Å²) < 4.78 is 0. The summed E-state index contributed by atoms with van der Waals surface area (Å²) in [7, 11) is 0. The van der Waals surface area contributed by atoms with Crippen LogP contribution >= 0.6 is 0 Å². The Labute approximate surface area is 70.5 Å². The molecule has 13 heavy (non-hydrogen) atoms. The average molecular weight is 182 g/mol. The van der Waals surface area contributed by atoms with Gasteiger partial charge in [-0.1, -0.05) is 0 Å². The highest BCUT2D eigenvalue weighted by molar-refractivity contribution is 5.32. The summed E-state index contributed by atoms with van der Waals surface area (Å²) in [6, 6.07) is 0. The molecule has 0 atom stereocenters. The van der Waals surface area contributed by atoms with E-state index in [1.54, 1.807) is 0 Å². The molecule has 2 aliphatic heterocycles. The predicted octanol–water partition coefficient (Wildman–Crippen LogP) is 1.48. The van der Waals surface area contributed by atoms with E-state index in [0.717, 1.165) is 0 Å². The number of rotatable bonds is 0. The highest BCUT2D eigenvalue weighted by atomic mass is 16.3. The molecule has 0 aliphatic carbocycles. The molecule has 0 saturated heterocycles. The summed E-state index contributed by atoms with van der Waals surface area (Å²) >= 11 is 0. The maximum atomic E-state index is 8.36. The van der Waals surface area contributed by atoms with E-state index in [0.29, 0.717) is 0 Å². The lowest BCUT2D eigenvalue weighted by Crippen LogP contribution is -1.71. The highest BCUT2D eigenvalue weighted by Crippen LogP contribution is 2.19. The van der Waals surface area contributed by atoms with Crippen LogP contribution in [-0.4, -0.2) is 11.6 Å². The fourth-order valence-electron chi connectivity index (χ4n) is 0.468. The molecular weight excluding hydrogens is 180 g/mol. The van der Waals surface area contributed by atoms with Crippen LogP contribution in [0.1, 0.15) is 0 Å². The molecule has 0 fully saturated rings. The molecule has 2 heterocycles. The second-order valence-corrected chi connectivity index (χ2v) is 1.51. The van der Waals surface area contributed by atoms with Gasteiger partial charge in [0.15, 0.2) is 0 Å². The first-order chi connectivity index (χ1) is 6.38. The van der Waals surface area contributed by atoms with Crippen molar-refractivity contribution >= 4 is 6.47 Å². The molecule has 0 amide bonds. The number of carbonyl (C=O) groups is 1. The van der Waals surface area contributed by atoms with Gasteiger partial charge < -0.3 is 5.11 Å². The molecule has 10 heteroatoms. The minimum atomic E-state index is -0.250. The van der Waals surface area contributed by atoms with Crippen LogP contribution in [0, 0.1) is 0 Å². The quantitative estimate of drug-likeness (QED) is 0.567. The molecule has 0 aromatic heterocycles. The normalized spacial score (nSPS) is 16.3. The first-order valence-electron chi connectivity index (χ1n) is 2.84. The molecule has 10 nitrogen and oxygen atoms in total. The number of nitrogens with zero attached hydrogens (tertiary/aromatic N) is 8. The molecule has 0 unspecified atom stereocenters. The maximum Gasteiger partial charge on any atom is 0.290 e. The summed E-state index contributed by atoms with van der Waals surface area (Å²) in [6.07, 6.45) is 0. The van der Waals surface area contributed by atoms with Gasteiger partial charge in [-0.05, 0) is 20.9 Å². The Balaban J connectivity index is 0.000000251. The second-order valence-electron chi connectivity index (χ2n) is 1.51. The second kappa shape index (κ2) is 4.48. The molecule has 2 aliphatic rings. The van der Waals surface area contributed by atoms with Crippen LogP contribution in [0.15, 0.2) is 53.0 Å². The van der Waals surface area contributed by atoms with Crippen LogP contribution in [0.25, 0.3) is 0 Å². The van der Waals surface area contributed by atoms with Crippen molar-refractivity contribution in [2.75, 3.05) is 0 Å². The van der Waals surface area contributed by atoms with Crippen molar-refractivity contribution < 1.29 is 9.90 Å². The van der Waals surface area contributed by atoms with Crippen LogP contribution in [0.5, 0.6) is 0 Å². The van der Waals surface area contributed by atoms with Crippen molar-refractivity contribution in [3.05, 3.63) is 11.6 Å². The number of hydrogen-bond donors (Lipinski definition) is 1. The first-order valence-corrected chi connectivity index (χ1v) is 2.84. The van der Waals surface area contributed by atoms with E-state index in [9.17, 15) is 0 Å². The van der Waals surface area contributed by atoms with Gasteiger partial charge in [0.2, 0.25) is 11.6 Å². The number of carboxylic acid groups (broad SMARTS) is 1. The summed E-state index contributed by atoms with van der Waals surface area (Å²) in [5.41, 5.74) is 0. The van der Waals surface area contributed by atoms with Gasteiger partial charge in [0.25, 0.3) is 6.47 Å². The molecule has 0 aromatic carbocycles. The van der Waals surface area contributed by atoms with Crippen LogP contribution in [-0.2, 0) is 4.79 Å². The van der Waals surface area contributed by atoms with Crippen LogP contribution in [0.3, 0.4) is 0 Å². The van der Waals surface area contributed by atoms with E-state index in [1.807, 2.05) is 0 Å². The monoisotopic (exact) mass is 182 g/mol. The molecule has 1 N–H and O–H groups in total. The van der Waals surface area contributed by atoms with Gasteiger partial charge in [0.1, 0.15) is 0 Å². The maximum absolute atomic E-state index is 8.36. The third-order valence-corrected chi connectivity index (χ3v) is 0.838. The van der Waals surface area contributed by atoms with Crippen LogP contribution in [0.2, 0.25) is 0 Å². The molecule has 0 spiro atoms. The van der Waals surface area contributed by atoms with Crippen molar-refractivity contribution in [3.8, 4) is 0 Å². The summed E-state index contributed by atoms with van der Waals surface area (Å²) in [4.78, 5) is 8.36. The lowest BCUT2D eigenvalue weighted by molar-refractivity contribution is -0.122. The molecular formula is C3H2N8O2. The van der Waals surface area contributed by atoms with E-state index in [2.05, 4.69) is 41.4 Å². The third kappa shape index (κ3) is 2.28. The minimum absolute atomic E-state index is 0.241. The van der Waals surface area contributed by atoms with Gasteiger partial charge in [-0.3, -0.25) is 4.79 Å². The minimum Gasteiger partial charge on any atom is -0.483 e. The van der Waals surface area contributed by atoms with E-state index >= 15 is 0 Å². The Hall–Kier alpha value is -2.39. The molecule has 0 radical (unpaired) electrons. The van der Waals surface area contributed by atoms with E-state index in [-0.39, 0.29) is 18.1 Å². The summed E-state index contributed by atoms with van der Waals surface area (Å²) in [6.45, 7) is -0.250. The van der Waals surface area contributed by atoms with E-state index < -0.39 is 0 Å². The lowest BCUT2D eigenvalue weighted by atomic mass is 10.7. The molecule has 0 bridgehead atoms. The zero-order valence-corrected chi connectivity index (χ0v) is 6.01. The first kappa shape index (κ1) is 8.70. The Kier molecular flexibility index (Phi) is 3.00. The Morgan fingerprint density at radius 2 is 1.08 bits per heavy atom. The Morgan fingerprint density at radius 3 is 1.31 bits per heavy atom. The van der Waals surface area contributed by atoms with E-state index in [1.165, 1.54) is 0 Å². The summed E-state index contributed by atoms with van der Waals surface area (Å²) in [5, 5.41) is 33.7. The van der Waals surface area contributed by atoms with Crippen LogP contribution < -0.4 is 0 Å². The van der Waals surface area contributed by atoms with Gasteiger partial charge in [-0.15, -0.1) is 20.5 Å². The number of hydrogen-bond acceptors (Lipinski definition) is 9. The third-order valence-electron chi connectivity index (χ3n) is 0.838. The van der Waals surface area contributed by atoms with Crippen molar-refractivity contribution in [1.82, 2.24) is 0 Å². The van der Waals surface area contributed by atoms with Gasteiger partial charge >= 0.3 is 0 Å². The van der Waals surface area contributed by atoms with Crippen molar-refractivity contribution in [2.24, 2.45) is 41.4 Å². The molecule has 0 saturated carbocycles. The fraction of sp³-hybridized carbons (Fsp3) is 0. The van der Waals surface area contributed by atoms with Gasteiger partial charge in [0, 0.05) is 0 Å². The molecule has 0 aromatic rings. The zero-order valence-electron chi connectivity index (χ0n) is 6.01. The van der Waals surface area contributed by atoms with Gasteiger partial charge in [-0.2, -0.15) is 0 Å². The Bertz CT molecular complexity index is 279. The van der Waals surface area contributed by atoms with E-state index in [4.69, 9.17) is 9.90 Å². The SMILES string of the molecule is N1=NC(=C2N=NN=N2)N=N1.O=CO. The lowest BCUT2D eigenvalue weighted by Gasteiger charge is -1.79. The highest BCUT2D eigenvalue weighted by Gasteiger charge is 2.10. The Morgan fingerprint density at radius 1 is 0.846 bits per heavy atom. The summed E-state index contributed by atoms with van der Waals surface area (Å²) in [5.74, 6) is 0.481. The predicted molar refractivity (Wildman–Crippen MR) is 35.1 cm³/mol. The zero-order chi connectivity index (χ0) is 9.52. The van der Waals surface area contributed by atoms with Crippen molar-refractivity contribution in [2.45, 2.75) is 0 Å². The van der Waals surface area contributed by atoms with Gasteiger partial charge in [-0.25, -0.2) is 0 Å².